The number of nitrogens with zero attached hydrogens (tertiary/aromatic N) is 2. The van der Waals surface area contributed by atoms with Crippen LogP contribution in [0.15, 0.2) is 17.4 Å². The molecule has 1 heterocycles. The molecular formula is C7H6F3N2OS. The molecule has 0 spiro atoms. The lowest BCUT2D eigenvalue weighted by atomic mass is 10.6. The van der Waals surface area contributed by atoms with Crippen molar-refractivity contribution in [3.63, 3.8) is 0 Å². The Balaban J connectivity index is 2.59. The molecule has 0 fully saturated rings. The van der Waals surface area contributed by atoms with E-state index >= 15 is 0 Å². The highest BCUT2D eigenvalue weighted by molar-refractivity contribution is 8.00. The largest absolute Gasteiger partial charge is 0.468 e. The van der Waals surface area contributed by atoms with Crippen LogP contribution < -0.4 is 4.74 Å². The Hall–Kier alpha value is -0.980. The van der Waals surface area contributed by atoms with Crippen LogP contribution in [0.2, 0.25) is 0 Å². The minimum atomic E-state index is -4.36. The van der Waals surface area contributed by atoms with Gasteiger partial charge in [0.15, 0.2) is 6.61 Å². The Labute approximate surface area is 82.7 Å². The van der Waals surface area contributed by atoms with E-state index in [1.165, 1.54) is 6.07 Å². The topological polar surface area (TPSA) is 35.0 Å². The van der Waals surface area contributed by atoms with Crippen molar-refractivity contribution >= 4 is 11.8 Å². The van der Waals surface area contributed by atoms with Crippen molar-refractivity contribution in [2.45, 2.75) is 11.2 Å². The Morgan fingerprint density at radius 3 is 2.71 bits per heavy atom. The van der Waals surface area contributed by atoms with Gasteiger partial charge in [-0.2, -0.15) is 13.2 Å². The number of hydrogen-bond acceptors (Lipinski definition) is 4. The van der Waals surface area contributed by atoms with Crippen molar-refractivity contribution in [3.05, 3.63) is 18.6 Å². The number of halogens is 3. The van der Waals surface area contributed by atoms with E-state index in [1.807, 2.05) is 0 Å². The Morgan fingerprint density at radius 1 is 1.43 bits per heavy atom. The summed E-state index contributed by atoms with van der Waals surface area (Å²) in [6.07, 6.45) is 0.220. The molecule has 0 bridgehead atoms. The summed E-state index contributed by atoms with van der Waals surface area (Å²) in [6.45, 7) is -1.36. The summed E-state index contributed by atoms with van der Waals surface area (Å²) in [7, 11) is 0. The average Bonchev–Trinajstić information content (AvgIpc) is 2.14. The number of hydrogen-bond donors (Lipinski definition) is 0. The third-order valence-corrected chi connectivity index (χ3v) is 1.67. The highest BCUT2D eigenvalue weighted by Gasteiger charge is 2.28. The summed E-state index contributed by atoms with van der Waals surface area (Å²) >= 11 is 1.05. The molecule has 0 saturated carbocycles. The summed E-state index contributed by atoms with van der Waals surface area (Å²) in [5.41, 5.74) is 0. The number of ether oxygens (including phenoxy) is 1. The maximum absolute atomic E-state index is 11.7. The van der Waals surface area contributed by atoms with Crippen LogP contribution >= 0.6 is 11.8 Å². The molecule has 0 saturated heterocycles. The highest BCUT2D eigenvalue weighted by atomic mass is 32.2. The first-order valence-electron chi connectivity index (χ1n) is 3.45. The molecule has 0 aliphatic rings. The normalized spacial score (nSPS) is 11.4. The minimum absolute atomic E-state index is 0.108. The molecule has 0 aliphatic carbocycles. The van der Waals surface area contributed by atoms with Crippen molar-refractivity contribution < 1.29 is 17.9 Å². The first-order chi connectivity index (χ1) is 6.51. The second-order valence-corrected chi connectivity index (χ2v) is 2.95. The number of aromatic nitrogens is 2. The van der Waals surface area contributed by atoms with E-state index in [1.54, 1.807) is 0 Å². The van der Waals surface area contributed by atoms with Gasteiger partial charge in [0, 0.05) is 12.3 Å². The van der Waals surface area contributed by atoms with E-state index in [-0.39, 0.29) is 5.88 Å². The van der Waals surface area contributed by atoms with Gasteiger partial charge < -0.3 is 4.74 Å². The molecule has 14 heavy (non-hydrogen) atoms. The lowest BCUT2D eigenvalue weighted by Crippen LogP contribution is -2.19. The third kappa shape index (κ3) is 3.82. The first kappa shape index (κ1) is 11.1. The quantitative estimate of drug-likeness (QED) is 0.581. The monoisotopic (exact) mass is 223 g/mol. The highest BCUT2D eigenvalue weighted by Crippen LogP contribution is 2.19. The van der Waals surface area contributed by atoms with Crippen molar-refractivity contribution in [2.24, 2.45) is 0 Å². The molecular weight excluding hydrogens is 217 g/mol. The number of rotatable bonds is 3. The smallest absolute Gasteiger partial charge is 0.422 e. The lowest BCUT2D eigenvalue weighted by Gasteiger charge is -2.07. The molecule has 0 atom stereocenters. The molecule has 7 heteroatoms. The summed E-state index contributed by atoms with van der Waals surface area (Å²) in [5, 5.41) is 0.456. The molecule has 0 amide bonds. The summed E-state index contributed by atoms with van der Waals surface area (Å²) < 4.78 is 39.6. The van der Waals surface area contributed by atoms with Crippen molar-refractivity contribution in [3.8, 4) is 5.88 Å². The summed E-state index contributed by atoms with van der Waals surface area (Å²) in [6, 6.07) is 1.30. The molecule has 3 nitrogen and oxygen atoms in total. The van der Waals surface area contributed by atoms with Gasteiger partial charge >= 0.3 is 6.18 Å². The van der Waals surface area contributed by atoms with Gasteiger partial charge in [0.2, 0.25) is 5.88 Å². The van der Waals surface area contributed by atoms with Gasteiger partial charge in [-0.1, -0.05) is 0 Å². The predicted octanol–water partition coefficient (Wildman–Crippen LogP) is 2.30. The zero-order valence-corrected chi connectivity index (χ0v) is 7.73. The molecule has 1 aromatic rings. The van der Waals surface area contributed by atoms with E-state index in [0.29, 0.717) is 5.03 Å². The fourth-order valence-corrected chi connectivity index (χ4v) is 0.942. The molecule has 1 radical (unpaired) electrons. The fraction of sp³-hybridized carbons (Fsp3) is 0.286. The van der Waals surface area contributed by atoms with Crippen LogP contribution in [0.1, 0.15) is 0 Å². The maximum atomic E-state index is 11.7. The van der Waals surface area contributed by atoms with Gasteiger partial charge in [-0.15, -0.1) is 11.8 Å². The molecule has 77 valence electrons. The molecule has 0 N–H and O–H groups in total. The van der Waals surface area contributed by atoms with Gasteiger partial charge in [-0.05, 0) is 0 Å². The second kappa shape index (κ2) is 4.50. The lowest BCUT2D eigenvalue weighted by molar-refractivity contribution is -0.154. The van der Waals surface area contributed by atoms with Crippen LogP contribution in [-0.2, 0) is 0 Å². The maximum Gasteiger partial charge on any atom is 0.422 e. The molecule has 0 aliphatic heterocycles. The second-order valence-electron chi connectivity index (χ2n) is 2.24. The zero-order valence-electron chi connectivity index (χ0n) is 6.91. The van der Waals surface area contributed by atoms with Crippen LogP contribution in [0, 0.1) is 6.26 Å². The minimum Gasteiger partial charge on any atom is -0.468 e. The van der Waals surface area contributed by atoms with Crippen LogP contribution in [0.3, 0.4) is 0 Å². The SMILES string of the molecule is [CH2]Sc1cc(OCC(F)(F)F)ncn1. The van der Waals surface area contributed by atoms with E-state index < -0.39 is 12.8 Å². The average molecular weight is 223 g/mol. The third-order valence-electron chi connectivity index (χ3n) is 1.15. The van der Waals surface area contributed by atoms with Gasteiger partial charge in [0.25, 0.3) is 0 Å². The fourth-order valence-electron chi connectivity index (χ4n) is 0.636. The Kier molecular flexibility index (Phi) is 3.56. The molecule has 0 unspecified atom stereocenters. The molecule has 1 rings (SSSR count). The van der Waals surface area contributed by atoms with Gasteiger partial charge in [0.1, 0.15) is 11.4 Å². The van der Waals surface area contributed by atoms with Crippen LogP contribution in [0.4, 0.5) is 13.2 Å². The van der Waals surface area contributed by atoms with Crippen molar-refractivity contribution in [1.29, 1.82) is 0 Å². The van der Waals surface area contributed by atoms with Crippen molar-refractivity contribution in [1.82, 2.24) is 9.97 Å². The van der Waals surface area contributed by atoms with E-state index in [9.17, 15) is 13.2 Å². The molecule has 1 aromatic heterocycles. The van der Waals surface area contributed by atoms with Gasteiger partial charge in [0.05, 0.1) is 0 Å². The number of alkyl halides is 3. The summed E-state index contributed by atoms with van der Waals surface area (Å²) in [4.78, 5) is 7.25. The van der Waals surface area contributed by atoms with Gasteiger partial charge in [-0.25, -0.2) is 9.97 Å². The zero-order chi connectivity index (χ0) is 10.6. The van der Waals surface area contributed by atoms with Crippen LogP contribution in [-0.4, -0.2) is 22.8 Å². The number of thioether (sulfide) groups is 1. The first-order valence-corrected chi connectivity index (χ1v) is 4.43. The van der Waals surface area contributed by atoms with Crippen molar-refractivity contribution in [2.75, 3.05) is 6.61 Å². The summed E-state index contributed by atoms with van der Waals surface area (Å²) in [5.74, 6) is -0.108. The van der Waals surface area contributed by atoms with E-state index in [2.05, 4.69) is 21.0 Å². The van der Waals surface area contributed by atoms with Crippen LogP contribution in [0.25, 0.3) is 0 Å². The molecule has 0 aromatic carbocycles. The van der Waals surface area contributed by atoms with E-state index in [0.717, 1.165) is 18.1 Å². The van der Waals surface area contributed by atoms with Crippen LogP contribution in [0.5, 0.6) is 5.88 Å². The van der Waals surface area contributed by atoms with E-state index in [4.69, 9.17) is 0 Å². The van der Waals surface area contributed by atoms with Gasteiger partial charge in [-0.3, -0.25) is 0 Å². The Morgan fingerprint density at radius 2 is 2.14 bits per heavy atom. The Bertz CT molecular complexity index is 305. The standard InChI is InChI=1S/C7H6F3N2OS/c1-14-6-2-5(11-4-12-6)13-3-7(8,9)10/h2,4H,1,3H2. The predicted molar refractivity (Wildman–Crippen MR) is 44.8 cm³/mol.